The lowest BCUT2D eigenvalue weighted by molar-refractivity contribution is -0.375. The molecule has 0 fully saturated rings. The van der Waals surface area contributed by atoms with Gasteiger partial charge >= 0.3 is 0 Å². The summed E-state index contributed by atoms with van der Waals surface area (Å²) in [5, 5.41) is 14.0. The Morgan fingerprint density at radius 2 is 1.89 bits per heavy atom. The van der Waals surface area contributed by atoms with Gasteiger partial charge in [-0.3, -0.25) is 10.1 Å². The number of hydrogen-bond acceptors (Lipinski definition) is 5. The van der Waals surface area contributed by atoms with E-state index in [0.717, 1.165) is 6.42 Å². The second-order valence-electron chi connectivity index (χ2n) is 3.84. The van der Waals surface area contributed by atoms with Gasteiger partial charge in [-0.25, -0.2) is 0 Å². The first kappa shape index (κ1) is 14.8. The molecule has 1 N–H and O–H groups in total. The highest BCUT2D eigenvalue weighted by Gasteiger charge is 2.16. The molecule has 0 aliphatic carbocycles. The van der Waals surface area contributed by atoms with Gasteiger partial charge in [0.15, 0.2) is 0 Å². The molecule has 0 heterocycles. The molecule has 0 spiro atoms. The Kier molecular flexibility index (Phi) is 5.66. The molecular weight excluding hydrogens is 248 g/mol. The summed E-state index contributed by atoms with van der Waals surface area (Å²) < 4.78 is 10.2. The van der Waals surface area contributed by atoms with Gasteiger partial charge in [0.25, 0.3) is 5.70 Å². The van der Waals surface area contributed by atoms with Crippen molar-refractivity contribution in [3.05, 3.63) is 40.1 Å². The van der Waals surface area contributed by atoms with Gasteiger partial charge in [0.1, 0.15) is 11.5 Å². The van der Waals surface area contributed by atoms with Gasteiger partial charge in [-0.15, -0.1) is 0 Å². The van der Waals surface area contributed by atoms with Gasteiger partial charge in [-0.2, -0.15) is 0 Å². The number of nitrogens with zero attached hydrogens (tertiary/aromatic N) is 1. The van der Waals surface area contributed by atoms with Crippen LogP contribution in [0.25, 0.3) is 5.70 Å². The van der Waals surface area contributed by atoms with Crippen LogP contribution in [-0.2, 0) is 0 Å². The van der Waals surface area contributed by atoms with Crippen LogP contribution in [0.15, 0.2) is 24.4 Å². The number of hydrogen-bond donors (Lipinski definition) is 1. The van der Waals surface area contributed by atoms with Crippen molar-refractivity contribution >= 4 is 5.70 Å². The van der Waals surface area contributed by atoms with E-state index >= 15 is 0 Å². The normalized spacial score (nSPS) is 11.0. The lowest BCUT2D eigenvalue weighted by Crippen LogP contribution is -2.10. The summed E-state index contributed by atoms with van der Waals surface area (Å²) in [6.07, 6.45) is 2.29. The smallest absolute Gasteiger partial charge is 0.292 e. The number of nitro groups is 1. The highest BCUT2D eigenvalue weighted by Crippen LogP contribution is 2.27. The minimum absolute atomic E-state index is 0.0225. The Balaban J connectivity index is 3.14. The second-order valence-corrected chi connectivity index (χ2v) is 3.84. The van der Waals surface area contributed by atoms with Crippen molar-refractivity contribution in [2.24, 2.45) is 0 Å². The van der Waals surface area contributed by atoms with E-state index < -0.39 is 4.92 Å². The third-order valence-electron chi connectivity index (χ3n) is 2.48. The summed E-state index contributed by atoms with van der Waals surface area (Å²) in [7, 11) is 3.01. The molecule has 0 amide bonds. The van der Waals surface area contributed by atoms with Gasteiger partial charge < -0.3 is 14.8 Å². The molecule has 19 heavy (non-hydrogen) atoms. The van der Waals surface area contributed by atoms with Gasteiger partial charge in [0, 0.05) is 12.6 Å². The van der Waals surface area contributed by atoms with Crippen LogP contribution in [0.1, 0.15) is 18.9 Å². The average Bonchev–Trinajstić information content (AvgIpc) is 2.42. The molecule has 0 aromatic heterocycles. The number of nitrogens with one attached hydrogen (secondary N) is 1. The number of methoxy groups -OCH3 is 2. The number of benzene rings is 1. The average molecular weight is 266 g/mol. The van der Waals surface area contributed by atoms with Crippen molar-refractivity contribution in [2.45, 2.75) is 13.3 Å². The van der Waals surface area contributed by atoms with Gasteiger partial charge in [0.05, 0.1) is 30.9 Å². The van der Waals surface area contributed by atoms with E-state index in [1.807, 2.05) is 6.92 Å². The van der Waals surface area contributed by atoms with Crippen molar-refractivity contribution in [1.29, 1.82) is 0 Å². The Hall–Kier alpha value is -2.24. The highest BCUT2D eigenvalue weighted by atomic mass is 16.6. The maximum atomic E-state index is 11.1. The first-order chi connectivity index (χ1) is 9.12. The molecule has 1 rings (SSSR count). The van der Waals surface area contributed by atoms with E-state index in [4.69, 9.17) is 9.47 Å². The van der Waals surface area contributed by atoms with Crippen molar-refractivity contribution in [2.75, 3.05) is 20.8 Å². The van der Waals surface area contributed by atoms with E-state index in [9.17, 15) is 10.1 Å². The molecule has 6 heteroatoms. The third-order valence-corrected chi connectivity index (χ3v) is 2.48. The third kappa shape index (κ3) is 4.17. The van der Waals surface area contributed by atoms with Gasteiger partial charge in [0.2, 0.25) is 0 Å². The van der Waals surface area contributed by atoms with E-state index in [2.05, 4.69) is 5.32 Å². The second kappa shape index (κ2) is 7.25. The van der Waals surface area contributed by atoms with Crippen LogP contribution in [-0.4, -0.2) is 25.7 Å². The molecule has 104 valence electrons. The van der Waals surface area contributed by atoms with E-state index in [-0.39, 0.29) is 5.70 Å². The molecule has 1 aromatic carbocycles. The standard InChI is InChI=1S/C13H18N2O4/c1-4-5-14-9-13(15(16)17)10-6-11(18-2)8-12(7-10)19-3/h6-9,14H,4-5H2,1-3H3/b13-9-. The van der Waals surface area contributed by atoms with Crippen LogP contribution >= 0.6 is 0 Å². The van der Waals surface area contributed by atoms with Crippen molar-refractivity contribution in [3.8, 4) is 11.5 Å². The largest absolute Gasteiger partial charge is 0.497 e. The topological polar surface area (TPSA) is 73.6 Å². The Morgan fingerprint density at radius 3 is 2.32 bits per heavy atom. The molecule has 0 saturated carbocycles. The SMILES string of the molecule is CCCN/C=C(/c1cc(OC)cc(OC)c1)[N+](=O)[O-]. The Morgan fingerprint density at radius 1 is 1.32 bits per heavy atom. The van der Waals surface area contributed by atoms with Crippen molar-refractivity contribution in [3.63, 3.8) is 0 Å². The summed E-state index contributed by atoms with van der Waals surface area (Å²) >= 11 is 0. The molecular formula is C13H18N2O4. The molecule has 0 aliphatic rings. The van der Waals surface area contributed by atoms with Gasteiger partial charge in [-0.1, -0.05) is 6.92 Å². The molecule has 6 nitrogen and oxygen atoms in total. The van der Waals surface area contributed by atoms with E-state index in [1.165, 1.54) is 20.4 Å². The maximum Gasteiger partial charge on any atom is 0.292 e. The summed E-state index contributed by atoms with van der Waals surface area (Å²) in [5.41, 5.74) is 0.412. The van der Waals surface area contributed by atoms with Crippen LogP contribution in [0.2, 0.25) is 0 Å². The van der Waals surface area contributed by atoms with Crippen LogP contribution in [0.4, 0.5) is 0 Å². The lowest BCUT2D eigenvalue weighted by Gasteiger charge is -2.07. The molecule has 0 saturated heterocycles. The summed E-state index contributed by atoms with van der Waals surface area (Å²) in [6.45, 7) is 2.67. The van der Waals surface area contributed by atoms with E-state index in [0.29, 0.717) is 23.6 Å². The summed E-state index contributed by atoms with van der Waals surface area (Å²) in [6, 6.07) is 4.87. The first-order valence-electron chi connectivity index (χ1n) is 5.93. The quantitative estimate of drug-likeness (QED) is 0.465. The predicted octanol–water partition coefficient (Wildman–Crippen LogP) is 2.28. The lowest BCUT2D eigenvalue weighted by atomic mass is 10.1. The van der Waals surface area contributed by atoms with Crippen LogP contribution < -0.4 is 14.8 Å². The summed E-state index contributed by atoms with van der Waals surface area (Å²) in [4.78, 5) is 10.7. The van der Waals surface area contributed by atoms with Crippen LogP contribution in [0.3, 0.4) is 0 Å². The molecule has 1 aromatic rings. The zero-order chi connectivity index (χ0) is 14.3. The monoisotopic (exact) mass is 266 g/mol. The maximum absolute atomic E-state index is 11.1. The Labute approximate surface area is 112 Å². The number of rotatable bonds is 7. The van der Waals surface area contributed by atoms with Gasteiger partial charge in [-0.05, 0) is 18.6 Å². The van der Waals surface area contributed by atoms with Crippen LogP contribution in [0.5, 0.6) is 11.5 Å². The minimum atomic E-state index is -0.434. The fraction of sp³-hybridized carbons (Fsp3) is 0.385. The van der Waals surface area contributed by atoms with E-state index in [1.54, 1.807) is 18.2 Å². The highest BCUT2D eigenvalue weighted by molar-refractivity contribution is 5.62. The first-order valence-corrected chi connectivity index (χ1v) is 5.93. The predicted molar refractivity (Wildman–Crippen MR) is 72.8 cm³/mol. The van der Waals surface area contributed by atoms with Crippen LogP contribution in [0, 0.1) is 10.1 Å². The molecule has 0 aliphatic heterocycles. The zero-order valence-corrected chi connectivity index (χ0v) is 11.3. The zero-order valence-electron chi connectivity index (χ0n) is 11.3. The molecule has 0 unspecified atom stereocenters. The van der Waals surface area contributed by atoms with Crippen molar-refractivity contribution in [1.82, 2.24) is 5.32 Å². The number of ether oxygens (including phenoxy) is 2. The Bertz CT molecular complexity index is 449. The summed E-state index contributed by atoms with van der Waals surface area (Å²) in [5.74, 6) is 1.02. The minimum Gasteiger partial charge on any atom is -0.497 e. The fourth-order valence-electron chi connectivity index (χ4n) is 1.51. The van der Waals surface area contributed by atoms with Crippen molar-refractivity contribution < 1.29 is 14.4 Å². The molecule has 0 bridgehead atoms. The molecule has 0 radical (unpaired) electrons. The fourth-order valence-corrected chi connectivity index (χ4v) is 1.51. The molecule has 0 atom stereocenters.